The fourth-order valence-electron chi connectivity index (χ4n) is 4.20. The average molecular weight is 235 g/mol. The Morgan fingerprint density at radius 2 is 2.19 bits per heavy atom. The Hall–Kier alpha value is -0.0831. The lowest BCUT2D eigenvalue weighted by Gasteiger charge is -2.31. The molecule has 1 heterocycles. The van der Waals surface area contributed by atoms with Gasteiger partial charge in [0.05, 0.1) is 0 Å². The zero-order valence-corrected chi connectivity index (χ0v) is 11.8. The molecule has 2 fully saturated rings. The van der Waals surface area contributed by atoms with Crippen molar-refractivity contribution in [2.24, 2.45) is 17.8 Å². The summed E-state index contributed by atoms with van der Waals surface area (Å²) in [5, 5.41) is 0. The average Bonchev–Trinajstić information content (AvgIpc) is 2.93. The third-order valence-corrected chi connectivity index (χ3v) is 10.5. The van der Waals surface area contributed by atoms with E-state index < -0.39 is 8.24 Å². The number of rotatable bonds is 3. The predicted octanol–water partition coefficient (Wildman–Crippen LogP) is 3.50. The van der Waals surface area contributed by atoms with Crippen LogP contribution in [-0.4, -0.2) is 26.4 Å². The van der Waals surface area contributed by atoms with E-state index in [-0.39, 0.29) is 0 Å². The van der Waals surface area contributed by atoms with Crippen molar-refractivity contribution in [2.75, 3.05) is 13.6 Å². The van der Waals surface area contributed by atoms with E-state index in [0.717, 1.165) is 17.8 Å². The highest BCUT2D eigenvalue weighted by Crippen LogP contribution is 2.46. The second-order valence-electron chi connectivity index (χ2n) is 6.60. The van der Waals surface area contributed by atoms with Gasteiger partial charge in [-0.25, -0.2) is 0 Å². The molecule has 0 aromatic rings. The first-order valence-corrected chi connectivity index (χ1v) is 9.93. The Bertz CT molecular complexity index is 301. The maximum atomic E-state index is 2.73. The molecule has 2 bridgehead atoms. The van der Waals surface area contributed by atoms with E-state index in [2.05, 4.69) is 30.3 Å². The standard InChI is InChI=1S/C14H25NSi/c1-15-7-3-8-16(15,2)9-6-14-11-12-4-5-13(14)10-12/h4-5,12-14H,3,6-11H2,1-2H3. The fourth-order valence-corrected chi connectivity index (χ4v) is 7.82. The van der Waals surface area contributed by atoms with E-state index >= 15 is 0 Å². The van der Waals surface area contributed by atoms with Gasteiger partial charge in [0, 0.05) is 0 Å². The summed E-state index contributed by atoms with van der Waals surface area (Å²) in [6, 6.07) is 3.12. The second-order valence-corrected chi connectivity index (χ2v) is 11.4. The van der Waals surface area contributed by atoms with Crippen LogP contribution in [0.5, 0.6) is 0 Å². The van der Waals surface area contributed by atoms with Crippen LogP contribution in [-0.2, 0) is 0 Å². The zero-order valence-electron chi connectivity index (χ0n) is 10.8. The van der Waals surface area contributed by atoms with E-state index in [1.807, 2.05) is 0 Å². The zero-order chi connectivity index (χ0) is 11.2. The minimum Gasteiger partial charge on any atom is -0.326 e. The molecule has 2 aliphatic carbocycles. The molecule has 2 heteroatoms. The van der Waals surface area contributed by atoms with Crippen molar-refractivity contribution in [3.8, 4) is 0 Å². The van der Waals surface area contributed by atoms with E-state index in [4.69, 9.17) is 0 Å². The lowest BCUT2D eigenvalue weighted by atomic mass is 9.91. The van der Waals surface area contributed by atoms with Crippen molar-refractivity contribution >= 4 is 8.24 Å². The molecule has 4 unspecified atom stereocenters. The van der Waals surface area contributed by atoms with Gasteiger partial charge in [-0.05, 0) is 62.7 Å². The van der Waals surface area contributed by atoms with Gasteiger partial charge >= 0.3 is 0 Å². The summed E-state index contributed by atoms with van der Waals surface area (Å²) in [5.41, 5.74) is 0. The van der Waals surface area contributed by atoms with Gasteiger partial charge < -0.3 is 4.57 Å². The van der Waals surface area contributed by atoms with E-state index in [1.54, 1.807) is 12.1 Å². The van der Waals surface area contributed by atoms with Crippen LogP contribution in [0.15, 0.2) is 12.2 Å². The third-order valence-electron chi connectivity index (χ3n) is 5.60. The summed E-state index contributed by atoms with van der Waals surface area (Å²) in [6.45, 7) is 3.99. The van der Waals surface area contributed by atoms with Crippen LogP contribution < -0.4 is 0 Å². The monoisotopic (exact) mass is 235 g/mol. The highest BCUT2D eigenvalue weighted by molar-refractivity contribution is 6.76. The first-order valence-electron chi connectivity index (χ1n) is 7.07. The molecular weight excluding hydrogens is 210 g/mol. The van der Waals surface area contributed by atoms with Gasteiger partial charge in [-0.1, -0.05) is 25.1 Å². The number of hydrogen-bond acceptors (Lipinski definition) is 1. The Balaban J connectivity index is 1.55. The van der Waals surface area contributed by atoms with Gasteiger partial charge in [0.15, 0.2) is 0 Å². The largest absolute Gasteiger partial charge is 0.326 e. The summed E-state index contributed by atoms with van der Waals surface area (Å²) in [4.78, 5) is 0. The highest BCUT2D eigenvalue weighted by atomic mass is 28.3. The van der Waals surface area contributed by atoms with Gasteiger partial charge in [-0.3, -0.25) is 0 Å². The first-order chi connectivity index (χ1) is 7.67. The molecule has 90 valence electrons. The molecule has 1 saturated heterocycles. The lowest BCUT2D eigenvalue weighted by Crippen LogP contribution is -2.43. The highest BCUT2D eigenvalue weighted by Gasteiger charge is 2.40. The van der Waals surface area contributed by atoms with Crippen molar-refractivity contribution in [1.82, 2.24) is 4.57 Å². The lowest BCUT2D eigenvalue weighted by molar-refractivity contribution is 0.426. The molecule has 0 radical (unpaired) electrons. The Morgan fingerprint density at radius 1 is 1.31 bits per heavy atom. The minimum atomic E-state index is -0.975. The first kappa shape index (κ1) is 11.0. The van der Waals surface area contributed by atoms with Crippen LogP contribution in [0.2, 0.25) is 18.6 Å². The summed E-state index contributed by atoms with van der Waals surface area (Å²) < 4.78 is 2.73. The topological polar surface area (TPSA) is 3.24 Å². The van der Waals surface area contributed by atoms with Gasteiger partial charge in [-0.15, -0.1) is 0 Å². The minimum absolute atomic E-state index is 0.964. The molecule has 3 rings (SSSR count). The molecule has 4 atom stereocenters. The van der Waals surface area contributed by atoms with Crippen LogP contribution in [0, 0.1) is 17.8 Å². The molecular formula is C14H25NSi. The van der Waals surface area contributed by atoms with Gasteiger partial charge in [-0.2, -0.15) is 0 Å². The Morgan fingerprint density at radius 3 is 2.75 bits per heavy atom. The van der Waals surface area contributed by atoms with Gasteiger partial charge in [0.25, 0.3) is 0 Å². The van der Waals surface area contributed by atoms with Gasteiger partial charge in [0.1, 0.15) is 8.24 Å². The molecule has 0 aromatic heterocycles. The summed E-state index contributed by atoms with van der Waals surface area (Å²) in [6.07, 6.45) is 11.0. The van der Waals surface area contributed by atoms with Crippen LogP contribution in [0.1, 0.15) is 25.7 Å². The molecule has 0 aromatic carbocycles. The SMILES string of the molecule is CN1CCC[Si]1(C)CCC1CC2C=CC1C2. The molecule has 1 saturated carbocycles. The molecule has 0 amide bonds. The Kier molecular flexibility index (Phi) is 2.75. The van der Waals surface area contributed by atoms with Crippen molar-refractivity contribution in [3.05, 3.63) is 12.2 Å². The normalized spacial score (nSPS) is 47.0. The second kappa shape index (κ2) is 3.99. The maximum Gasteiger partial charge on any atom is 0.125 e. The molecule has 0 N–H and O–H groups in total. The van der Waals surface area contributed by atoms with Crippen molar-refractivity contribution in [1.29, 1.82) is 0 Å². The molecule has 0 spiro atoms. The molecule has 1 aliphatic heterocycles. The smallest absolute Gasteiger partial charge is 0.125 e. The maximum absolute atomic E-state index is 2.73. The number of allylic oxidation sites excluding steroid dienone is 2. The van der Waals surface area contributed by atoms with E-state index in [1.165, 1.54) is 32.2 Å². The third kappa shape index (κ3) is 1.80. The number of fused-ring (bicyclic) bond motifs is 2. The summed E-state index contributed by atoms with van der Waals surface area (Å²) >= 11 is 0. The quantitative estimate of drug-likeness (QED) is 0.534. The van der Waals surface area contributed by atoms with Crippen LogP contribution in [0.25, 0.3) is 0 Å². The summed E-state index contributed by atoms with van der Waals surface area (Å²) in [7, 11) is 1.40. The van der Waals surface area contributed by atoms with E-state index in [0.29, 0.717) is 0 Å². The van der Waals surface area contributed by atoms with E-state index in [9.17, 15) is 0 Å². The van der Waals surface area contributed by atoms with Gasteiger partial charge in [0.2, 0.25) is 0 Å². The van der Waals surface area contributed by atoms with Crippen molar-refractivity contribution < 1.29 is 0 Å². The van der Waals surface area contributed by atoms with Crippen LogP contribution in [0.4, 0.5) is 0 Å². The number of hydrogen-bond donors (Lipinski definition) is 0. The fraction of sp³-hybridized carbons (Fsp3) is 0.857. The summed E-state index contributed by atoms with van der Waals surface area (Å²) in [5.74, 6) is 2.98. The van der Waals surface area contributed by atoms with Crippen molar-refractivity contribution in [3.63, 3.8) is 0 Å². The molecule has 1 nitrogen and oxygen atoms in total. The molecule has 3 aliphatic rings. The number of nitrogens with zero attached hydrogens (tertiary/aromatic N) is 1. The predicted molar refractivity (Wildman–Crippen MR) is 71.9 cm³/mol. The Labute approximate surface area is 101 Å². The van der Waals surface area contributed by atoms with Crippen molar-refractivity contribution in [2.45, 2.75) is 44.3 Å². The van der Waals surface area contributed by atoms with Crippen LogP contribution in [0.3, 0.4) is 0 Å². The van der Waals surface area contributed by atoms with Crippen LogP contribution >= 0.6 is 0 Å². The molecule has 16 heavy (non-hydrogen) atoms.